The highest BCUT2D eigenvalue weighted by Crippen LogP contribution is 2.35. The van der Waals surface area contributed by atoms with Crippen molar-refractivity contribution in [2.75, 3.05) is 50.2 Å². The fraction of sp³-hybridized carbons (Fsp3) is 0.500. The van der Waals surface area contributed by atoms with Crippen molar-refractivity contribution in [2.45, 2.75) is 32.8 Å². The third kappa shape index (κ3) is 8.30. The number of rotatable bonds is 9. The lowest BCUT2D eigenvalue weighted by atomic mass is 10.2. The summed E-state index contributed by atoms with van der Waals surface area (Å²) in [6.07, 6.45) is 1.49. The molecule has 3 N–H and O–H groups in total. The van der Waals surface area contributed by atoms with Gasteiger partial charge in [0.1, 0.15) is 11.4 Å². The van der Waals surface area contributed by atoms with E-state index in [0.29, 0.717) is 29.4 Å². The predicted molar refractivity (Wildman–Crippen MR) is 113 cm³/mol. The van der Waals surface area contributed by atoms with E-state index in [-0.39, 0.29) is 5.91 Å². The maximum absolute atomic E-state index is 12.1. The Hall–Kier alpha value is -2.74. The molecule has 0 fully saturated rings. The number of ether oxygens (including phenoxy) is 2. The molecule has 1 aromatic rings. The lowest BCUT2D eigenvalue weighted by Gasteiger charge is -2.21. The smallest absolute Gasteiger partial charge is 0.412 e. The maximum Gasteiger partial charge on any atom is 0.412 e. The molecule has 0 aliphatic heterocycles. The molecule has 0 heterocycles. The van der Waals surface area contributed by atoms with E-state index in [0.717, 1.165) is 13.0 Å². The number of amides is 2. The highest BCUT2D eigenvalue weighted by atomic mass is 16.6. The fourth-order valence-electron chi connectivity index (χ4n) is 2.31. The molecule has 8 heteroatoms. The van der Waals surface area contributed by atoms with E-state index in [4.69, 9.17) is 9.47 Å². The molecule has 0 aromatic heterocycles. The Morgan fingerprint density at radius 2 is 1.82 bits per heavy atom. The second-order valence-corrected chi connectivity index (χ2v) is 7.50. The number of carbonyl (C=O) groups excluding carboxylic acids is 2. The molecule has 0 radical (unpaired) electrons. The number of benzene rings is 1. The third-order valence-corrected chi connectivity index (χ3v) is 3.52. The summed E-state index contributed by atoms with van der Waals surface area (Å²) in [6, 6.07) is 3.35. The van der Waals surface area contributed by atoms with Crippen molar-refractivity contribution in [2.24, 2.45) is 0 Å². The van der Waals surface area contributed by atoms with Crippen LogP contribution in [-0.2, 0) is 9.53 Å². The highest BCUT2D eigenvalue weighted by Gasteiger charge is 2.19. The van der Waals surface area contributed by atoms with Crippen LogP contribution in [0.15, 0.2) is 24.8 Å². The first-order chi connectivity index (χ1) is 13.1. The topological polar surface area (TPSA) is 91.9 Å². The first-order valence-electron chi connectivity index (χ1n) is 9.09. The molecular formula is C20H32N4O4. The molecule has 156 valence electrons. The molecule has 0 aliphatic carbocycles. The molecule has 0 saturated carbocycles. The van der Waals surface area contributed by atoms with E-state index in [1.807, 2.05) is 14.1 Å². The number of hydrogen-bond acceptors (Lipinski definition) is 6. The van der Waals surface area contributed by atoms with Crippen LogP contribution >= 0.6 is 0 Å². The van der Waals surface area contributed by atoms with Gasteiger partial charge < -0.3 is 25.0 Å². The molecule has 0 aliphatic rings. The normalized spacial score (nSPS) is 11.0. The number of methoxy groups -OCH3 is 1. The van der Waals surface area contributed by atoms with E-state index in [9.17, 15) is 9.59 Å². The molecule has 0 unspecified atom stereocenters. The number of hydrogen-bond donors (Lipinski definition) is 3. The largest absolute Gasteiger partial charge is 0.494 e. The van der Waals surface area contributed by atoms with Crippen molar-refractivity contribution in [3.05, 3.63) is 24.8 Å². The number of carbonyl (C=O) groups is 2. The Bertz CT molecular complexity index is 696. The van der Waals surface area contributed by atoms with Crippen LogP contribution in [0.1, 0.15) is 27.2 Å². The quantitative estimate of drug-likeness (QED) is 0.440. The van der Waals surface area contributed by atoms with Gasteiger partial charge in [0.05, 0.1) is 24.2 Å². The monoisotopic (exact) mass is 392 g/mol. The van der Waals surface area contributed by atoms with Gasteiger partial charge in [-0.25, -0.2) is 4.79 Å². The Kier molecular flexibility index (Phi) is 8.78. The third-order valence-electron chi connectivity index (χ3n) is 3.52. The van der Waals surface area contributed by atoms with Gasteiger partial charge in [0.2, 0.25) is 5.91 Å². The van der Waals surface area contributed by atoms with Crippen LogP contribution in [0, 0.1) is 0 Å². The predicted octanol–water partition coefficient (Wildman–Crippen LogP) is 3.53. The zero-order valence-corrected chi connectivity index (χ0v) is 17.6. The van der Waals surface area contributed by atoms with Crippen LogP contribution in [0.25, 0.3) is 0 Å². The van der Waals surface area contributed by atoms with E-state index in [2.05, 4.69) is 27.4 Å². The van der Waals surface area contributed by atoms with Crippen LogP contribution < -0.4 is 20.7 Å². The molecule has 0 atom stereocenters. The van der Waals surface area contributed by atoms with Crippen LogP contribution in [0.2, 0.25) is 0 Å². The van der Waals surface area contributed by atoms with Gasteiger partial charge in [0.15, 0.2) is 0 Å². The molecule has 8 nitrogen and oxygen atoms in total. The summed E-state index contributed by atoms with van der Waals surface area (Å²) in [5, 5.41) is 8.70. The molecular weight excluding hydrogens is 360 g/mol. The Morgan fingerprint density at radius 3 is 2.36 bits per heavy atom. The summed E-state index contributed by atoms with van der Waals surface area (Å²) in [5.74, 6) is 0.0855. The second kappa shape index (κ2) is 10.6. The summed E-state index contributed by atoms with van der Waals surface area (Å²) in [4.78, 5) is 26.0. The Balaban J connectivity index is 3.09. The van der Waals surface area contributed by atoms with Gasteiger partial charge in [0.25, 0.3) is 0 Å². The first-order valence-corrected chi connectivity index (χ1v) is 9.09. The molecule has 0 spiro atoms. The Labute approximate surface area is 167 Å². The summed E-state index contributed by atoms with van der Waals surface area (Å²) in [6.45, 7) is 10.4. The molecule has 28 heavy (non-hydrogen) atoms. The second-order valence-electron chi connectivity index (χ2n) is 7.50. The van der Waals surface area contributed by atoms with Gasteiger partial charge in [-0.15, -0.1) is 0 Å². The zero-order valence-electron chi connectivity index (χ0n) is 17.6. The molecule has 2 amide bonds. The summed E-state index contributed by atoms with van der Waals surface area (Å²) >= 11 is 0. The van der Waals surface area contributed by atoms with Gasteiger partial charge in [-0.05, 0) is 60.0 Å². The van der Waals surface area contributed by atoms with Crippen LogP contribution in [0.5, 0.6) is 5.75 Å². The number of nitrogens with one attached hydrogen (secondary N) is 3. The summed E-state index contributed by atoms with van der Waals surface area (Å²) < 4.78 is 10.7. The maximum atomic E-state index is 12.1. The van der Waals surface area contributed by atoms with Gasteiger partial charge in [-0.3, -0.25) is 10.1 Å². The highest BCUT2D eigenvalue weighted by molar-refractivity contribution is 6.02. The minimum atomic E-state index is -0.634. The summed E-state index contributed by atoms with van der Waals surface area (Å²) in [5.41, 5.74) is 0.933. The standard InChI is InChI=1S/C20H32N4O4/c1-8-18(25)22-15-12-16(23-19(26)28-20(2,3)4)17(27-7)13-14(15)21-10-9-11-24(5)6/h8,12-13,21H,1,9-11H2,2-7H3,(H,22,25)(H,23,26). The van der Waals surface area contributed by atoms with Crippen LogP contribution in [0.4, 0.5) is 21.9 Å². The molecule has 1 rings (SSSR count). The van der Waals surface area contributed by atoms with Crippen molar-refractivity contribution in [1.82, 2.24) is 4.90 Å². The average Bonchev–Trinajstić information content (AvgIpc) is 2.58. The van der Waals surface area contributed by atoms with Crippen molar-refractivity contribution in [3.8, 4) is 5.75 Å². The molecule has 0 saturated heterocycles. The SMILES string of the molecule is C=CC(=O)Nc1cc(NC(=O)OC(C)(C)C)c(OC)cc1NCCCN(C)C. The van der Waals surface area contributed by atoms with Crippen molar-refractivity contribution in [1.29, 1.82) is 0 Å². The van der Waals surface area contributed by atoms with Crippen LogP contribution in [0.3, 0.4) is 0 Å². The van der Waals surface area contributed by atoms with E-state index in [1.165, 1.54) is 13.2 Å². The minimum Gasteiger partial charge on any atom is -0.494 e. The summed E-state index contributed by atoms with van der Waals surface area (Å²) in [7, 11) is 5.53. The fourth-order valence-corrected chi connectivity index (χ4v) is 2.31. The van der Waals surface area contributed by atoms with Crippen molar-refractivity contribution >= 4 is 29.1 Å². The van der Waals surface area contributed by atoms with E-state index < -0.39 is 11.7 Å². The first kappa shape index (κ1) is 23.3. The van der Waals surface area contributed by atoms with Crippen molar-refractivity contribution < 1.29 is 19.1 Å². The minimum absolute atomic E-state index is 0.357. The van der Waals surface area contributed by atoms with E-state index >= 15 is 0 Å². The van der Waals surface area contributed by atoms with Gasteiger partial charge in [-0.2, -0.15) is 0 Å². The van der Waals surface area contributed by atoms with Crippen LogP contribution in [-0.4, -0.2) is 56.8 Å². The van der Waals surface area contributed by atoms with Gasteiger partial charge in [-0.1, -0.05) is 6.58 Å². The molecule has 1 aromatic carbocycles. The molecule has 0 bridgehead atoms. The Morgan fingerprint density at radius 1 is 1.14 bits per heavy atom. The van der Waals surface area contributed by atoms with Gasteiger partial charge in [0, 0.05) is 12.6 Å². The number of anilines is 3. The van der Waals surface area contributed by atoms with Crippen molar-refractivity contribution in [3.63, 3.8) is 0 Å². The zero-order chi connectivity index (χ0) is 21.3. The van der Waals surface area contributed by atoms with E-state index in [1.54, 1.807) is 32.9 Å². The lowest BCUT2D eigenvalue weighted by molar-refractivity contribution is -0.111. The number of nitrogens with zero attached hydrogens (tertiary/aromatic N) is 1. The average molecular weight is 393 g/mol. The van der Waals surface area contributed by atoms with Gasteiger partial charge >= 0.3 is 6.09 Å². The lowest BCUT2D eigenvalue weighted by Crippen LogP contribution is -2.27.